The maximum absolute atomic E-state index is 13.0. The predicted octanol–water partition coefficient (Wildman–Crippen LogP) is 20.6. The smallest absolute Gasteiger partial charge is 0.462 e. The van der Waals surface area contributed by atoms with Gasteiger partial charge in [0.2, 0.25) is 0 Å². The van der Waals surface area contributed by atoms with Gasteiger partial charge < -0.3 is 33.8 Å². The number of hydrogen-bond donors (Lipinski definition) is 3. The Bertz CT molecular complexity index is 1780. The van der Waals surface area contributed by atoms with Crippen molar-refractivity contribution in [2.45, 2.75) is 381 Å². The summed E-state index contributed by atoms with van der Waals surface area (Å²) in [7, 11) is -9.90. The van der Waals surface area contributed by atoms with Gasteiger partial charge in [0.15, 0.2) is 12.2 Å². The summed E-state index contributed by atoms with van der Waals surface area (Å²) in [5.74, 6) is 0.169. The van der Waals surface area contributed by atoms with Crippen molar-refractivity contribution in [2.75, 3.05) is 39.6 Å². The van der Waals surface area contributed by atoms with Crippen molar-refractivity contribution >= 4 is 39.5 Å². The van der Waals surface area contributed by atoms with Crippen LogP contribution in [-0.2, 0) is 65.4 Å². The van der Waals surface area contributed by atoms with Crippen LogP contribution >= 0.6 is 15.6 Å². The fourth-order valence-corrected chi connectivity index (χ4v) is 12.5. The van der Waals surface area contributed by atoms with E-state index in [-0.39, 0.29) is 25.7 Å². The van der Waals surface area contributed by atoms with Gasteiger partial charge in [0.1, 0.15) is 19.3 Å². The second kappa shape index (κ2) is 62.8. The van der Waals surface area contributed by atoms with Crippen LogP contribution in [-0.4, -0.2) is 96.7 Å². The van der Waals surface area contributed by atoms with Crippen LogP contribution in [0.2, 0.25) is 0 Å². The third-order valence-corrected chi connectivity index (χ3v) is 18.5. The summed E-state index contributed by atoms with van der Waals surface area (Å²) in [5, 5.41) is 10.6. The van der Waals surface area contributed by atoms with Crippen LogP contribution in [0.5, 0.6) is 0 Å². The van der Waals surface area contributed by atoms with Crippen molar-refractivity contribution in [1.82, 2.24) is 0 Å². The van der Waals surface area contributed by atoms with Crippen molar-refractivity contribution in [3.05, 3.63) is 0 Å². The molecular formula is C72H140O17P2. The van der Waals surface area contributed by atoms with E-state index in [1.54, 1.807) is 0 Å². The second-order valence-corrected chi connectivity index (χ2v) is 30.3. The van der Waals surface area contributed by atoms with E-state index in [0.717, 1.165) is 114 Å². The zero-order valence-electron chi connectivity index (χ0n) is 59.3. The molecule has 0 saturated heterocycles. The first-order valence-corrected chi connectivity index (χ1v) is 40.3. The summed E-state index contributed by atoms with van der Waals surface area (Å²) < 4.78 is 68.3. The summed E-state index contributed by atoms with van der Waals surface area (Å²) in [6, 6.07) is 0. The number of carbonyl (C=O) groups excluding carboxylic acids is 4. The van der Waals surface area contributed by atoms with Crippen LogP contribution in [0.4, 0.5) is 0 Å². The summed E-state index contributed by atoms with van der Waals surface area (Å²) in [6.45, 7) is 11.8. The number of esters is 4. The monoisotopic (exact) mass is 1340 g/mol. The molecule has 17 nitrogen and oxygen atoms in total. The number of rotatable bonds is 70. The first-order valence-electron chi connectivity index (χ1n) is 37.3. The highest BCUT2D eigenvalue weighted by Crippen LogP contribution is 2.45. The topological polar surface area (TPSA) is 237 Å². The normalized spacial score (nSPS) is 14.2. The fourth-order valence-electron chi connectivity index (χ4n) is 10.9. The Kier molecular flexibility index (Phi) is 61.5. The Morgan fingerprint density at radius 3 is 0.747 bits per heavy atom. The third kappa shape index (κ3) is 66.5. The molecule has 0 aromatic heterocycles. The molecule has 0 heterocycles. The SMILES string of the molecule is CCCCCCCCCCC(=O)OC[C@H](COP(=O)(O)OC[C@H](O)COP(=O)(O)OC[C@@H](COC(=O)CCCCCCCCCCCCCCC(C)C)OC(=O)CCCCCCCCCCCCCCCCC(C)C)OC(=O)CCCCCCCCCCC(C)C. The van der Waals surface area contributed by atoms with E-state index in [1.165, 1.54) is 167 Å². The molecule has 0 aliphatic rings. The van der Waals surface area contributed by atoms with Gasteiger partial charge in [0.25, 0.3) is 0 Å². The molecule has 91 heavy (non-hydrogen) atoms. The molecule has 2 unspecified atom stereocenters. The lowest BCUT2D eigenvalue weighted by Crippen LogP contribution is -2.30. The average molecular weight is 1340 g/mol. The predicted molar refractivity (Wildman–Crippen MR) is 368 cm³/mol. The molecule has 0 amide bonds. The maximum atomic E-state index is 13.0. The van der Waals surface area contributed by atoms with Crippen LogP contribution in [0.25, 0.3) is 0 Å². The van der Waals surface area contributed by atoms with E-state index in [9.17, 15) is 43.2 Å². The number of hydrogen-bond acceptors (Lipinski definition) is 15. The minimum absolute atomic E-state index is 0.104. The summed E-state index contributed by atoms with van der Waals surface area (Å²) in [4.78, 5) is 72.5. The van der Waals surface area contributed by atoms with Gasteiger partial charge in [-0.05, 0) is 43.4 Å². The van der Waals surface area contributed by atoms with Crippen LogP contribution in [0, 0.1) is 17.8 Å². The molecule has 0 aromatic rings. The van der Waals surface area contributed by atoms with Crippen molar-refractivity contribution in [1.29, 1.82) is 0 Å². The lowest BCUT2D eigenvalue weighted by Gasteiger charge is -2.21. The van der Waals surface area contributed by atoms with E-state index >= 15 is 0 Å². The number of aliphatic hydroxyl groups is 1. The number of ether oxygens (including phenoxy) is 4. The molecule has 0 bridgehead atoms. The highest BCUT2D eigenvalue weighted by atomic mass is 31.2. The molecule has 0 fully saturated rings. The van der Waals surface area contributed by atoms with Gasteiger partial charge in [-0.1, -0.05) is 312 Å². The zero-order chi connectivity index (χ0) is 67.3. The summed E-state index contributed by atoms with van der Waals surface area (Å²) in [6.07, 6.45) is 47.3. The fraction of sp³-hybridized carbons (Fsp3) is 0.944. The van der Waals surface area contributed by atoms with Crippen molar-refractivity contribution < 1.29 is 80.2 Å². The van der Waals surface area contributed by atoms with Gasteiger partial charge in [-0.3, -0.25) is 37.3 Å². The Morgan fingerprint density at radius 1 is 0.297 bits per heavy atom. The molecule has 0 aromatic carbocycles. The van der Waals surface area contributed by atoms with Crippen molar-refractivity contribution in [2.24, 2.45) is 17.8 Å². The minimum atomic E-state index is -4.95. The van der Waals surface area contributed by atoms with Crippen LogP contribution in [0.15, 0.2) is 0 Å². The number of carbonyl (C=O) groups is 4. The lowest BCUT2D eigenvalue weighted by atomic mass is 10.0. The minimum Gasteiger partial charge on any atom is -0.462 e. The molecule has 0 aliphatic carbocycles. The summed E-state index contributed by atoms with van der Waals surface area (Å²) in [5.41, 5.74) is 0. The molecule has 5 atom stereocenters. The van der Waals surface area contributed by atoms with Gasteiger partial charge in [-0.15, -0.1) is 0 Å². The Morgan fingerprint density at radius 2 is 0.505 bits per heavy atom. The van der Waals surface area contributed by atoms with E-state index in [4.69, 9.17) is 37.0 Å². The van der Waals surface area contributed by atoms with Crippen molar-refractivity contribution in [3.8, 4) is 0 Å². The average Bonchev–Trinajstić information content (AvgIpc) is 3.57. The van der Waals surface area contributed by atoms with Crippen LogP contribution < -0.4 is 0 Å². The van der Waals surface area contributed by atoms with Gasteiger partial charge >= 0.3 is 39.5 Å². The largest absolute Gasteiger partial charge is 0.472 e. The van der Waals surface area contributed by atoms with E-state index in [0.29, 0.717) is 25.7 Å². The highest BCUT2D eigenvalue weighted by molar-refractivity contribution is 7.47. The standard InChI is InChI=1S/C72H140O17P2/c1-8-9-10-11-12-32-39-46-53-69(74)82-59-67(89-72(77)56-49-42-35-28-27-31-38-45-52-65(6)7)61-86-90(78,79)84-57-66(73)58-85-91(80,81)87-62-68(60-83-70(75)54-47-40-33-25-21-18-17-20-24-30-37-44-51-64(4)5)88-71(76)55-48-41-34-26-22-16-14-13-15-19-23-29-36-43-50-63(2)3/h63-68,73H,8-62H2,1-7H3,(H,78,79)(H,80,81)/t66-,67+,68+/m0/s1. The first-order chi connectivity index (χ1) is 43.7. The lowest BCUT2D eigenvalue weighted by molar-refractivity contribution is -0.161. The van der Waals surface area contributed by atoms with E-state index in [1.807, 2.05) is 0 Å². The molecular weight excluding hydrogens is 1200 g/mol. The second-order valence-electron chi connectivity index (χ2n) is 27.4. The van der Waals surface area contributed by atoms with Crippen molar-refractivity contribution in [3.63, 3.8) is 0 Å². The zero-order valence-corrected chi connectivity index (χ0v) is 61.1. The number of aliphatic hydroxyl groups excluding tert-OH is 1. The molecule has 3 N–H and O–H groups in total. The van der Waals surface area contributed by atoms with Gasteiger partial charge in [0, 0.05) is 25.7 Å². The molecule has 0 aliphatic heterocycles. The first kappa shape index (κ1) is 89.1. The number of phosphoric acid groups is 2. The molecule has 0 spiro atoms. The highest BCUT2D eigenvalue weighted by Gasteiger charge is 2.30. The van der Waals surface area contributed by atoms with Gasteiger partial charge in [-0.25, -0.2) is 9.13 Å². The molecule has 0 radical (unpaired) electrons. The Hall–Kier alpha value is -1.94. The third-order valence-electron chi connectivity index (χ3n) is 16.6. The molecule has 540 valence electrons. The molecule has 0 rings (SSSR count). The Balaban J connectivity index is 5.22. The number of unbranched alkanes of at least 4 members (excludes halogenated alkanes) is 38. The summed E-state index contributed by atoms with van der Waals surface area (Å²) >= 11 is 0. The quantitative estimate of drug-likeness (QED) is 0.0222. The van der Waals surface area contributed by atoms with E-state index in [2.05, 4.69) is 48.5 Å². The molecule has 19 heteroatoms. The van der Waals surface area contributed by atoms with E-state index < -0.39 is 97.5 Å². The van der Waals surface area contributed by atoms with Crippen LogP contribution in [0.3, 0.4) is 0 Å². The van der Waals surface area contributed by atoms with Crippen LogP contribution in [0.1, 0.15) is 363 Å². The van der Waals surface area contributed by atoms with Gasteiger partial charge in [-0.2, -0.15) is 0 Å². The maximum Gasteiger partial charge on any atom is 0.472 e. The van der Waals surface area contributed by atoms with Gasteiger partial charge in [0.05, 0.1) is 26.4 Å². The number of phosphoric ester groups is 2. The molecule has 0 saturated carbocycles. The Labute approximate surface area is 556 Å².